The maximum absolute atomic E-state index is 12.4. The van der Waals surface area contributed by atoms with Crippen molar-refractivity contribution in [3.8, 4) is 0 Å². The van der Waals surface area contributed by atoms with Crippen LogP contribution < -0.4 is 0 Å². The molecule has 18 heavy (non-hydrogen) atoms. The van der Waals surface area contributed by atoms with Crippen molar-refractivity contribution < 1.29 is 13.8 Å². The SMILES string of the molecule is CS(=O)(=NC(=O)C1CC(=O)C1)c1ccccc1Br. The molecule has 1 aliphatic carbocycles. The number of amides is 1. The van der Waals surface area contributed by atoms with Gasteiger partial charge in [0.2, 0.25) is 0 Å². The molecule has 0 N–H and O–H groups in total. The number of Topliss-reactive ketones (excluding diaryl/α,β-unsaturated/α-hetero) is 1. The first-order valence-electron chi connectivity index (χ1n) is 5.42. The summed E-state index contributed by atoms with van der Waals surface area (Å²) in [4.78, 5) is 23.1. The van der Waals surface area contributed by atoms with Crippen molar-refractivity contribution in [1.82, 2.24) is 0 Å². The van der Waals surface area contributed by atoms with Crippen LogP contribution in [0.3, 0.4) is 0 Å². The molecule has 0 spiro atoms. The fourth-order valence-electron chi connectivity index (χ4n) is 1.71. The van der Waals surface area contributed by atoms with Gasteiger partial charge in [-0.1, -0.05) is 12.1 Å². The summed E-state index contributed by atoms with van der Waals surface area (Å²) >= 11 is 3.30. The topological polar surface area (TPSA) is 63.6 Å². The van der Waals surface area contributed by atoms with Crippen LogP contribution in [0, 0.1) is 5.92 Å². The molecule has 1 atom stereocenters. The van der Waals surface area contributed by atoms with Crippen LogP contribution in [-0.4, -0.2) is 22.2 Å². The number of benzene rings is 1. The summed E-state index contributed by atoms with van der Waals surface area (Å²) < 4.78 is 16.9. The lowest BCUT2D eigenvalue weighted by molar-refractivity contribution is -0.136. The molecule has 1 amide bonds. The van der Waals surface area contributed by atoms with Gasteiger partial charge in [-0.2, -0.15) is 4.36 Å². The second kappa shape index (κ2) is 4.93. The number of ketones is 1. The van der Waals surface area contributed by atoms with E-state index in [1.54, 1.807) is 24.3 Å². The van der Waals surface area contributed by atoms with Gasteiger partial charge in [0, 0.05) is 23.6 Å². The number of hydrogen-bond acceptors (Lipinski definition) is 3. The smallest absolute Gasteiger partial charge is 0.258 e. The molecule has 1 saturated carbocycles. The Bertz CT molecular complexity index is 624. The van der Waals surface area contributed by atoms with Crippen LogP contribution in [-0.2, 0) is 19.3 Å². The quantitative estimate of drug-likeness (QED) is 0.836. The van der Waals surface area contributed by atoms with Crippen molar-refractivity contribution in [2.75, 3.05) is 6.26 Å². The van der Waals surface area contributed by atoms with Crippen LogP contribution in [0.15, 0.2) is 38.0 Å². The van der Waals surface area contributed by atoms with Gasteiger partial charge < -0.3 is 0 Å². The third-order valence-corrected chi connectivity index (χ3v) is 5.46. The average Bonchev–Trinajstić information content (AvgIpc) is 2.24. The van der Waals surface area contributed by atoms with Crippen LogP contribution in [0.1, 0.15) is 12.8 Å². The normalized spacial score (nSPS) is 18.9. The maximum Gasteiger partial charge on any atom is 0.258 e. The molecule has 0 radical (unpaired) electrons. The molecular formula is C12H12BrNO3S. The van der Waals surface area contributed by atoms with E-state index in [4.69, 9.17) is 0 Å². The molecule has 1 aliphatic rings. The number of hydrogen-bond donors (Lipinski definition) is 0. The van der Waals surface area contributed by atoms with Crippen LogP contribution in [0.5, 0.6) is 0 Å². The Kier molecular flexibility index (Phi) is 3.68. The van der Waals surface area contributed by atoms with E-state index in [0.29, 0.717) is 9.37 Å². The van der Waals surface area contributed by atoms with E-state index in [1.165, 1.54) is 6.26 Å². The second-order valence-electron chi connectivity index (χ2n) is 4.31. The van der Waals surface area contributed by atoms with Gasteiger partial charge >= 0.3 is 0 Å². The highest BCUT2D eigenvalue weighted by molar-refractivity contribution is 9.10. The summed E-state index contributed by atoms with van der Waals surface area (Å²) in [6.45, 7) is 0. The Morgan fingerprint density at radius 1 is 1.39 bits per heavy atom. The minimum atomic E-state index is -2.76. The zero-order chi connectivity index (χ0) is 13.3. The van der Waals surface area contributed by atoms with Crippen LogP contribution >= 0.6 is 15.9 Å². The molecule has 0 heterocycles. The summed E-state index contributed by atoms with van der Waals surface area (Å²) in [6, 6.07) is 6.98. The molecular weight excluding hydrogens is 318 g/mol. The lowest BCUT2D eigenvalue weighted by Gasteiger charge is -2.20. The number of carbonyl (C=O) groups excluding carboxylic acids is 2. The third-order valence-electron chi connectivity index (χ3n) is 2.81. The Labute approximate surface area is 114 Å². The average molecular weight is 330 g/mol. The predicted octanol–water partition coefficient (Wildman–Crippen LogP) is 2.41. The maximum atomic E-state index is 12.4. The predicted molar refractivity (Wildman–Crippen MR) is 71.6 cm³/mol. The number of rotatable bonds is 2. The lowest BCUT2D eigenvalue weighted by atomic mass is 9.84. The summed E-state index contributed by atoms with van der Waals surface area (Å²) in [6.07, 6.45) is 1.90. The van der Waals surface area contributed by atoms with Gasteiger partial charge in [0.1, 0.15) is 5.78 Å². The van der Waals surface area contributed by atoms with Crippen molar-refractivity contribution in [2.24, 2.45) is 10.3 Å². The van der Waals surface area contributed by atoms with Crippen molar-refractivity contribution in [3.05, 3.63) is 28.7 Å². The molecule has 2 rings (SSSR count). The van der Waals surface area contributed by atoms with E-state index in [1.807, 2.05) is 0 Å². The van der Waals surface area contributed by atoms with Crippen molar-refractivity contribution in [2.45, 2.75) is 17.7 Å². The number of carbonyl (C=O) groups is 2. The van der Waals surface area contributed by atoms with Gasteiger partial charge in [-0.3, -0.25) is 9.59 Å². The molecule has 96 valence electrons. The molecule has 0 saturated heterocycles. The van der Waals surface area contributed by atoms with E-state index in [2.05, 4.69) is 20.3 Å². The Morgan fingerprint density at radius 2 is 2.00 bits per heavy atom. The highest BCUT2D eigenvalue weighted by atomic mass is 79.9. The fraction of sp³-hybridized carbons (Fsp3) is 0.333. The van der Waals surface area contributed by atoms with Gasteiger partial charge in [0.25, 0.3) is 5.91 Å². The van der Waals surface area contributed by atoms with Crippen molar-refractivity contribution >= 4 is 37.3 Å². The zero-order valence-corrected chi connectivity index (χ0v) is 12.2. The first kappa shape index (κ1) is 13.4. The van der Waals surface area contributed by atoms with Crippen LogP contribution in [0.4, 0.5) is 0 Å². The molecule has 0 bridgehead atoms. The minimum absolute atomic E-state index is 0.0621. The van der Waals surface area contributed by atoms with E-state index in [9.17, 15) is 13.8 Å². The van der Waals surface area contributed by atoms with Gasteiger partial charge in [0.15, 0.2) is 0 Å². The molecule has 0 aliphatic heterocycles. The highest BCUT2D eigenvalue weighted by Gasteiger charge is 2.33. The standard InChI is InChI=1S/C12H12BrNO3S/c1-18(17,11-5-3-2-4-10(11)13)14-12(16)8-6-9(15)7-8/h2-5,8H,6-7H2,1H3. The van der Waals surface area contributed by atoms with Gasteiger partial charge in [0.05, 0.1) is 20.5 Å². The molecule has 6 heteroatoms. The first-order chi connectivity index (χ1) is 8.40. The lowest BCUT2D eigenvalue weighted by Crippen LogP contribution is -2.29. The molecule has 4 nitrogen and oxygen atoms in total. The fourth-order valence-corrected chi connectivity index (χ4v) is 4.25. The second-order valence-corrected chi connectivity index (χ2v) is 7.39. The van der Waals surface area contributed by atoms with Gasteiger partial charge in [-0.15, -0.1) is 0 Å². The van der Waals surface area contributed by atoms with Crippen molar-refractivity contribution in [3.63, 3.8) is 0 Å². The summed E-state index contributed by atoms with van der Waals surface area (Å²) in [5.41, 5.74) is 0. The van der Waals surface area contributed by atoms with Crippen LogP contribution in [0.25, 0.3) is 0 Å². The van der Waals surface area contributed by atoms with E-state index in [0.717, 1.165) is 0 Å². The van der Waals surface area contributed by atoms with Crippen LogP contribution in [0.2, 0.25) is 0 Å². The monoisotopic (exact) mass is 329 g/mol. The summed E-state index contributed by atoms with van der Waals surface area (Å²) in [7, 11) is -2.76. The number of halogens is 1. The Hall–Kier alpha value is -1.01. The molecule has 1 aromatic rings. The first-order valence-corrected chi connectivity index (χ1v) is 8.14. The van der Waals surface area contributed by atoms with Gasteiger partial charge in [-0.05, 0) is 28.1 Å². The van der Waals surface area contributed by atoms with E-state index >= 15 is 0 Å². The largest absolute Gasteiger partial charge is 0.300 e. The summed E-state index contributed by atoms with van der Waals surface area (Å²) in [5.74, 6) is -0.745. The highest BCUT2D eigenvalue weighted by Crippen LogP contribution is 2.27. The summed E-state index contributed by atoms with van der Waals surface area (Å²) in [5, 5.41) is 0. The molecule has 1 unspecified atom stereocenters. The molecule has 1 fully saturated rings. The molecule has 0 aromatic heterocycles. The van der Waals surface area contributed by atoms with E-state index < -0.39 is 15.6 Å². The molecule has 1 aromatic carbocycles. The van der Waals surface area contributed by atoms with Crippen molar-refractivity contribution in [1.29, 1.82) is 0 Å². The Balaban J connectivity index is 2.31. The third kappa shape index (κ3) is 2.70. The Morgan fingerprint density at radius 3 is 2.56 bits per heavy atom. The number of nitrogens with zero attached hydrogens (tertiary/aromatic N) is 1. The zero-order valence-electron chi connectivity index (χ0n) is 9.76. The van der Waals surface area contributed by atoms with E-state index in [-0.39, 0.29) is 24.5 Å². The minimum Gasteiger partial charge on any atom is -0.300 e. The van der Waals surface area contributed by atoms with Gasteiger partial charge in [-0.25, -0.2) is 4.21 Å².